The molecule has 2 aromatic carbocycles. The Balaban J connectivity index is 1.63. The highest BCUT2D eigenvalue weighted by molar-refractivity contribution is 5.78. The minimum absolute atomic E-state index is 0.0453. The Labute approximate surface area is 147 Å². The number of ether oxygens (including phenoxy) is 1. The fraction of sp³-hybridized carbons (Fsp3) is 0.350. The van der Waals surface area contributed by atoms with E-state index in [4.69, 9.17) is 4.74 Å². The fourth-order valence-electron chi connectivity index (χ4n) is 3.14. The molecule has 3 rings (SSSR count). The number of carbonyl (C=O) groups is 1. The number of carbonyl (C=O) groups excluding carboxylic acids is 1. The molecule has 0 saturated carbocycles. The van der Waals surface area contributed by atoms with Gasteiger partial charge in [-0.25, -0.2) is 4.39 Å². The van der Waals surface area contributed by atoms with Crippen molar-refractivity contribution >= 4 is 11.6 Å². The summed E-state index contributed by atoms with van der Waals surface area (Å²) in [5.41, 5.74) is 1.77. The van der Waals surface area contributed by atoms with Crippen LogP contribution < -0.4 is 9.64 Å². The number of likely N-dealkylation sites (N-methyl/N-ethyl adjacent to an activating group) is 2. The number of nitrogens with zero attached hydrogens (tertiary/aromatic N) is 2. The van der Waals surface area contributed by atoms with E-state index in [-0.39, 0.29) is 24.2 Å². The highest BCUT2D eigenvalue weighted by Crippen LogP contribution is 2.32. The van der Waals surface area contributed by atoms with Gasteiger partial charge in [-0.15, -0.1) is 0 Å². The molecule has 0 fully saturated rings. The van der Waals surface area contributed by atoms with Gasteiger partial charge >= 0.3 is 0 Å². The number of rotatable bonds is 5. The molecule has 0 spiro atoms. The minimum atomic E-state index is -0.321. The number of hydrogen-bond acceptors (Lipinski definition) is 3. The van der Waals surface area contributed by atoms with Gasteiger partial charge < -0.3 is 14.5 Å². The molecule has 0 saturated heterocycles. The summed E-state index contributed by atoms with van der Waals surface area (Å²) in [5.74, 6) is 0.487. The monoisotopic (exact) mass is 342 g/mol. The smallest absolute Gasteiger partial charge is 0.226 e. The van der Waals surface area contributed by atoms with E-state index < -0.39 is 0 Å². The van der Waals surface area contributed by atoms with Gasteiger partial charge in [-0.3, -0.25) is 4.79 Å². The lowest BCUT2D eigenvalue weighted by Gasteiger charge is -2.37. The Morgan fingerprint density at radius 3 is 2.84 bits per heavy atom. The summed E-state index contributed by atoms with van der Waals surface area (Å²) >= 11 is 0. The summed E-state index contributed by atoms with van der Waals surface area (Å²) in [6.07, 6.45) is 0.103. The first-order valence-corrected chi connectivity index (χ1v) is 8.56. The van der Waals surface area contributed by atoms with Crippen molar-refractivity contribution in [1.29, 1.82) is 0 Å². The summed E-state index contributed by atoms with van der Waals surface area (Å²) < 4.78 is 19.3. The Kier molecular flexibility index (Phi) is 5.22. The van der Waals surface area contributed by atoms with Crippen LogP contribution in [-0.4, -0.2) is 43.6 Å². The lowest BCUT2D eigenvalue weighted by molar-refractivity contribution is -0.130. The molecule has 0 bridgehead atoms. The van der Waals surface area contributed by atoms with Crippen LogP contribution in [-0.2, 0) is 11.2 Å². The second-order valence-corrected chi connectivity index (χ2v) is 6.33. The average Bonchev–Trinajstić information content (AvgIpc) is 2.61. The number of hydrogen-bond donors (Lipinski definition) is 0. The van der Waals surface area contributed by atoms with Crippen LogP contribution in [0.15, 0.2) is 48.5 Å². The van der Waals surface area contributed by atoms with Gasteiger partial charge in [0.05, 0.1) is 25.2 Å². The molecule has 25 heavy (non-hydrogen) atoms. The Morgan fingerprint density at radius 1 is 1.28 bits per heavy atom. The maximum absolute atomic E-state index is 13.3. The van der Waals surface area contributed by atoms with E-state index in [2.05, 4.69) is 11.8 Å². The number of amides is 1. The van der Waals surface area contributed by atoms with Gasteiger partial charge in [0, 0.05) is 13.6 Å². The lowest BCUT2D eigenvalue weighted by Crippen LogP contribution is -2.47. The van der Waals surface area contributed by atoms with Crippen LogP contribution in [0.5, 0.6) is 5.75 Å². The predicted octanol–water partition coefficient (Wildman–Crippen LogP) is 3.11. The highest BCUT2D eigenvalue weighted by Gasteiger charge is 2.26. The third kappa shape index (κ3) is 4.10. The molecule has 1 aliphatic rings. The molecule has 1 atom stereocenters. The van der Waals surface area contributed by atoms with E-state index >= 15 is 0 Å². The molecule has 2 aromatic rings. The van der Waals surface area contributed by atoms with E-state index in [0.717, 1.165) is 24.5 Å². The number of fused-ring (bicyclic) bond motifs is 1. The van der Waals surface area contributed by atoms with Gasteiger partial charge in [0.1, 0.15) is 17.7 Å². The number of anilines is 1. The van der Waals surface area contributed by atoms with Crippen LogP contribution >= 0.6 is 0 Å². The summed E-state index contributed by atoms with van der Waals surface area (Å²) in [5, 5.41) is 0. The number of halogens is 1. The molecule has 132 valence electrons. The number of benzene rings is 2. The zero-order valence-corrected chi connectivity index (χ0v) is 14.6. The zero-order chi connectivity index (χ0) is 17.8. The SMILES string of the molecule is CCN1CC(CN(C)C(=O)Cc2cccc(F)c2)Oc2ccccc21. The predicted molar refractivity (Wildman–Crippen MR) is 96.5 cm³/mol. The molecule has 0 radical (unpaired) electrons. The maximum atomic E-state index is 13.3. The third-order valence-corrected chi connectivity index (χ3v) is 4.45. The average molecular weight is 342 g/mol. The Hall–Kier alpha value is -2.56. The Bertz CT molecular complexity index is 750. The van der Waals surface area contributed by atoms with E-state index in [1.165, 1.54) is 12.1 Å². The van der Waals surface area contributed by atoms with Crippen LogP contribution in [0.4, 0.5) is 10.1 Å². The van der Waals surface area contributed by atoms with Crippen LogP contribution in [0.3, 0.4) is 0 Å². The van der Waals surface area contributed by atoms with Gasteiger partial charge in [0.25, 0.3) is 0 Å². The second-order valence-electron chi connectivity index (χ2n) is 6.33. The van der Waals surface area contributed by atoms with Gasteiger partial charge in [-0.2, -0.15) is 0 Å². The third-order valence-electron chi connectivity index (χ3n) is 4.45. The molecular formula is C20H23FN2O2. The second kappa shape index (κ2) is 7.55. The van der Waals surface area contributed by atoms with Crippen molar-refractivity contribution in [2.24, 2.45) is 0 Å². The molecular weight excluding hydrogens is 319 g/mol. The summed E-state index contributed by atoms with van der Waals surface area (Å²) in [4.78, 5) is 16.4. The van der Waals surface area contributed by atoms with Crippen LogP contribution in [0.1, 0.15) is 12.5 Å². The molecule has 0 N–H and O–H groups in total. The molecule has 5 heteroatoms. The zero-order valence-electron chi connectivity index (χ0n) is 14.6. The standard InChI is InChI=1S/C20H23FN2O2/c1-3-23-14-17(25-19-10-5-4-9-18(19)23)13-22(2)20(24)12-15-7-6-8-16(21)11-15/h4-11,17H,3,12-14H2,1-2H3. The molecule has 0 aromatic heterocycles. The van der Waals surface area contributed by atoms with Crippen molar-refractivity contribution in [2.45, 2.75) is 19.4 Å². The van der Waals surface area contributed by atoms with Crippen LogP contribution in [0, 0.1) is 5.82 Å². The van der Waals surface area contributed by atoms with E-state index in [1.54, 1.807) is 24.1 Å². The molecule has 1 aliphatic heterocycles. The molecule has 1 unspecified atom stereocenters. The summed E-state index contributed by atoms with van der Waals surface area (Å²) in [6.45, 7) is 4.24. The van der Waals surface area contributed by atoms with Gasteiger partial charge in [-0.05, 0) is 36.8 Å². The largest absolute Gasteiger partial charge is 0.485 e. The van der Waals surface area contributed by atoms with Crippen molar-refractivity contribution < 1.29 is 13.9 Å². The first kappa shape index (κ1) is 17.3. The number of para-hydroxylation sites is 2. The van der Waals surface area contributed by atoms with Crippen molar-refractivity contribution in [1.82, 2.24) is 4.90 Å². The summed E-state index contributed by atoms with van der Waals surface area (Å²) in [7, 11) is 1.77. The summed E-state index contributed by atoms with van der Waals surface area (Å²) in [6, 6.07) is 14.1. The first-order chi connectivity index (χ1) is 12.1. The van der Waals surface area contributed by atoms with E-state index in [0.29, 0.717) is 12.1 Å². The van der Waals surface area contributed by atoms with Crippen molar-refractivity contribution in [2.75, 3.05) is 31.6 Å². The van der Waals surface area contributed by atoms with Gasteiger partial charge in [0.2, 0.25) is 5.91 Å². The van der Waals surface area contributed by atoms with E-state index in [9.17, 15) is 9.18 Å². The quantitative estimate of drug-likeness (QED) is 0.837. The van der Waals surface area contributed by atoms with Gasteiger partial charge in [0.15, 0.2) is 0 Å². The van der Waals surface area contributed by atoms with Crippen LogP contribution in [0.2, 0.25) is 0 Å². The minimum Gasteiger partial charge on any atom is -0.485 e. The van der Waals surface area contributed by atoms with Crippen molar-refractivity contribution in [3.05, 3.63) is 59.9 Å². The molecule has 1 amide bonds. The van der Waals surface area contributed by atoms with E-state index in [1.807, 2.05) is 24.3 Å². The first-order valence-electron chi connectivity index (χ1n) is 8.56. The van der Waals surface area contributed by atoms with Crippen molar-refractivity contribution in [3.63, 3.8) is 0 Å². The lowest BCUT2D eigenvalue weighted by atomic mass is 10.1. The van der Waals surface area contributed by atoms with Crippen molar-refractivity contribution in [3.8, 4) is 5.75 Å². The van der Waals surface area contributed by atoms with Gasteiger partial charge in [-0.1, -0.05) is 24.3 Å². The van der Waals surface area contributed by atoms with Crippen LogP contribution in [0.25, 0.3) is 0 Å². The fourth-order valence-corrected chi connectivity index (χ4v) is 3.14. The topological polar surface area (TPSA) is 32.8 Å². The molecule has 0 aliphatic carbocycles. The Morgan fingerprint density at radius 2 is 2.08 bits per heavy atom. The normalized spacial score (nSPS) is 16.1. The highest BCUT2D eigenvalue weighted by atomic mass is 19.1. The molecule has 1 heterocycles. The molecule has 4 nitrogen and oxygen atoms in total. The maximum Gasteiger partial charge on any atom is 0.226 e.